The molecule has 2 heterocycles. The molecule has 2 rings (SSSR count). The molecule has 0 N–H and O–H groups in total. The lowest BCUT2D eigenvalue weighted by molar-refractivity contribution is 0.941. The maximum atomic E-state index is 4.13. The van der Waals surface area contributed by atoms with Crippen molar-refractivity contribution in [3.8, 4) is 0 Å². The maximum Gasteiger partial charge on any atom is 0.155 e. The first-order valence-electron chi connectivity index (χ1n) is 5.30. The van der Waals surface area contributed by atoms with Gasteiger partial charge in [0, 0.05) is 6.20 Å². The van der Waals surface area contributed by atoms with Gasteiger partial charge in [-0.15, -0.1) is 0 Å². The molecule has 0 radical (unpaired) electrons. The fourth-order valence-corrected chi connectivity index (χ4v) is 1.73. The summed E-state index contributed by atoms with van der Waals surface area (Å²) in [5.74, 6) is 0. The van der Waals surface area contributed by atoms with Crippen molar-refractivity contribution in [3.05, 3.63) is 36.3 Å². The molecule has 0 saturated carbocycles. The smallest absolute Gasteiger partial charge is 0.155 e. The summed E-state index contributed by atoms with van der Waals surface area (Å²) in [4.78, 5) is 4.12. The van der Waals surface area contributed by atoms with Crippen molar-refractivity contribution in [2.24, 2.45) is 0 Å². The summed E-state index contributed by atoms with van der Waals surface area (Å²) in [6.45, 7) is 4.27. The van der Waals surface area contributed by atoms with E-state index in [4.69, 9.17) is 0 Å². The normalized spacial score (nSPS) is 12.3. The van der Waals surface area contributed by atoms with E-state index >= 15 is 0 Å². The van der Waals surface area contributed by atoms with Crippen LogP contribution in [-0.4, -0.2) is 14.6 Å². The van der Waals surface area contributed by atoms with Gasteiger partial charge in [-0.3, -0.25) is 0 Å². The molecule has 3 nitrogen and oxygen atoms in total. The number of pyridine rings is 1. The number of aromatic nitrogens is 3. The van der Waals surface area contributed by atoms with Gasteiger partial charge < -0.3 is 0 Å². The molecule has 0 aliphatic rings. The molecule has 0 amide bonds. The average Bonchev–Trinajstić information content (AvgIpc) is 2.72. The minimum atomic E-state index is 0.894. The van der Waals surface area contributed by atoms with E-state index in [1.807, 2.05) is 16.8 Å². The van der Waals surface area contributed by atoms with E-state index < -0.39 is 0 Å². The molecule has 0 fully saturated rings. The Morgan fingerprint density at radius 2 is 2.33 bits per heavy atom. The summed E-state index contributed by atoms with van der Waals surface area (Å²) >= 11 is 0. The van der Waals surface area contributed by atoms with Crippen LogP contribution in [0, 0.1) is 0 Å². The molecule has 2 aromatic rings. The van der Waals surface area contributed by atoms with Crippen LogP contribution in [-0.2, 0) is 0 Å². The summed E-state index contributed by atoms with van der Waals surface area (Å²) < 4.78 is 1.81. The first-order chi connectivity index (χ1) is 7.35. The molecular weight excluding hydrogens is 186 g/mol. The highest BCUT2D eigenvalue weighted by Gasteiger charge is 2.01. The highest BCUT2D eigenvalue weighted by atomic mass is 15.3. The fourth-order valence-electron chi connectivity index (χ4n) is 1.73. The zero-order valence-corrected chi connectivity index (χ0v) is 9.14. The fraction of sp³-hybridized carbons (Fsp3) is 0.333. The first kappa shape index (κ1) is 9.90. The van der Waals surface area contributed by atoms with Crippen LogP contribution in [0.15, 0.2) is 30.7 Å². The molecule has 2 aromatic heterocycles. The molecule has 0 bridgehead atoms. The quantitative estimate of drug-likeness (QED) is 0.764. The van der Waals surface area contributed by atoms with Gasteiger partial charge in [-0.2, -0.15) is 5.10 Å². The Kier molecular flexibility index (Phi) is 2.81. The number of allylic oxidation sites excluding steroid dienone is 2. The Morgan fingerprint density at radius 1 is 1.47 bits per heavy atom. The molecule has 0 saturated heterocycles. The van der Waals surface area contributed by atoms with Gasteiger partial charge in [0.15, 0.2) is 5.65 Å². The zero-order chi connectivity index (χ0) is 10.7. The predicted molar refractivity (Wildman–Crippen MR) is 61.5 cm³/mol. The molecule has 0 aliphatic carbocycles. The summed E-state index contributed by atoms with van der Waals surface area (Å²) in [6, 6.07) is 4.11. The molecule has 0 aliphatic heterocycles. The van der Waals surface area contributed by atoms with E-state index in [0.717, 1.165) is 18.5 Å². The van der Waals surface area contributed by atoms with Gasteiger partial charge in [0.25, 0.3) is 0 Å². The van der Waals surface area contributed by atoms with Crippen molar-refractivity contribution < 1.29 is 0 Å². The van der Waals surface area contributed by atoms with Crippen molar-refractivity contribution in [1.29, 1.82) is 0 Å². The number of hydrogen-bond acceptors (Lipinski definition) is 2. The van der Waals surface area contributed by atoms with Crippen molar-refractivity contribution in [2.75, 3.05) is 0 Å². The molecule has 0 aromatic carbocycles. The van der Waals surface area contributed by atoms with E-state index in [2.05, 4.69) is 36.1 Å². The monoisotopic (exact) mass is 201 g/mol. The van der Waals surface area contributed by atoms with Crippen LogP contribution in [0.5, 0.6) is 0 Å². The Balaban J connectivity index is 2.42. The topological polar surface area (TPSA) is 30.2 Å². The van der Waals surface area contributed by atoms with Gasteiger partial charge in [0.05, 0.1) is 0 Å². The second kappa shape index (κ2) is 4.26. The van der Waals surface area contributed by atoms with E-state index in [9.17, 15) is 0 Å². The van der Waals surface area contributed by atoms with E-state index in [1.54, 1.807) is 6.33 Å². The van der Waals surface area contributed by atoms with Gasteiger partial charge in [-0.05, 0) is 36.6 Å². The molecule has 3 heteroatoms. The summed E-state index contributed by atoms with van der Waals surface area (Å²) in [5.41, 5.74) is 3.50. The van der Waals surface area contributed by atoms with Gasteiger partial charge in [-0.1, -0.05) is 19.4 Å². The molecule has 0 unspecified atom stereocenters. The van der Waals surface area contributed by atoms with E-state index in [-0.39, 0.29) is 0 Å². The first-order valence-corrected chi connectivity index (χ1v) is 5.30. The van der Waals surface area contributed by atoms with Gasteiger partial charge in [0.2, 0.25) is 0 Å². The predicted octanol–water partition coefficient (Wildman–Crippen LogP) is 2.93. The second-order valence-electron chi connectivity index (χ2n) is 3.54. The van der Waals surface area contributed by atoms with E-state index in [1.165, 1.54) is 11.1 Å². The molecule has 0 atom stereocenters. The second-order valence-corrected chi connectivity index (χ2v) is 3.54. The van der Waals surface area contributed by atoms with Crippen LogP contribution in [0.25, 0.3) is 11.2 Å². The van der Waals surface area contributed by atoms with Crippen molar-refractivity contribution in [2.45, 2.75) is 26.7 Å². The highest BCUT2D eigenvalue weighted by Crippen LogP contribution is 2.19. The lowest BCUT2D eigenvalue weighted by atomic mass is 10.0. The number of nitrogens with zero attached hydrogens (tertiary/aromatic N) is 3. The minimum absolute atomic E-state index is 0.894. The van der Waals surface area contributed by atoms with Gasteiger partial charge in [0.1, 0.15) is 6.33 Å². The van der Waals surface area contributed by atoms with Crippen molar-refractivity contribution >= 4 is 11.2 Å². The van der Waals surface area contributed by atoms with Crippen molar-refractivity contribution in [1.82, 2.24) is 14.6 Å². The van der Waals surface area contributed by atoms with Gasteiger partial charge in [-0.25, -0.2) is 9.50 Å². The van der Waals surface area contributed by atoms with E-state index in [0.29, 0.717) is 0 Å². The maximum absolute atomic E-state index is 4.13. The number of rotatable bonds is 3. The summed E-state index contributed by atoms with van der Waals surface area (Å²) in [5, 5.41) is 4.13. The highest BCUT2D eigenvalue weighted by molar-refractivity contribution is 5.65. The number of fused-ring (bicyclic) bond motifs is 1. The third-order valence-corrected chi connectivity index (χ3v) is 2.51. The van der Waals surface area contributed by atoms with Crippen LogP contribution in [0.2, 0.25) is 0 Å². The Morgan fingerprint density at radius 3 is 3.07 bits per heavy atom. The largest absolute Gasteiger partial charge is 0.221 e. The standard InChI is InChI=1S/C12H15N3/c1-3-5-10(4-2)11-6-7-12-13-9-14-15(12)8-11/h4,6-9H,3,5H2,1-2H3/b10-4-. The van der Waals surface area contributed by atoms with Crippen molar-refractivity contribution in [3.63, 3.8) is 0 Å². The average molecular weight is 201 g/mol. The summed E-state index contributed by atoms with van der Waals surface area (Å²) in [6.07, 6.45) is 8.05. The Hall–Kier alpha value is -1.64. The lowest BCUT2D eigenvalue weighted by Gasteiger charge is -2.05. The minimum Gasteiger partial charge on any atom is -0.221 e. The molecule has 0 spiro atoms. The Labute approximate surface area is 89.5 Å². The van der Waals surface area contributed by atoms with Crippen LogP contribution >= 0.6 is 0 Å². The number of hydrogen-bond donors (Lipinski definition) is 0. The molecule has 15 heavy (non-hydrogen) atoms. The zero-order valence-electron chi connectivity index (χ0n) is 9.14. The third kappa shape index (κ3) is 1.91. The molecular formula is C12H15N3. The van der Waals surface area contributed by atoms with Crippen LogP contribution in [0.1, 0.15) is 32.3 Å². The molecule has 78 valence electrons. The third-order valence-electron chi connectivity index (χ3n) is 2.51. The van der Waals surface area contributed by atoms with Crippen LogP contribution < -0.4 is 0 Å². The summed E-state index contributed by atoms with van der Waals surface area (Å²) in [7, 11) is 0. The Bertz CT molecular complexity index is 482. The van der Waals surface area contributed by atoms with Crippen LogP contribution in [0.3, 0.4) is 0 Å². The lowest BCUT2D eigenvalue weighted by Crippen LogP contribution is -1.91. The SMILES string of the molecule is C/C=C(/CCC)c1ccc2ncnn2c1. The van der Waals surface area contributed by atoms with Crippen LogP contribution in [0.4, 0.5) is 0 Å². The van der Waals surface area contributed by atoms with Gasteiger partial charge >= 0.3 is 0 Å².